The zero-order valence-electron chi connectivity index (χ0n) is 18.1. The van der Waals surface area contributed by atoms with E-state index in [1.54, 1.807) is 36.4 Å². The zero-order chi connectivity index (χ0) is 22.8. The summed E-state index contributed by atoms with van der Waals surface area (Å²) in [6.45, 7) is 2.56. The molecule has 32 heavy (non-hydrogen) atoms. The predicted molar refractivity (Wildman–Crippen MR) is 127 cm³/mol. The van der Waals surface area contributed by atoms with Crippen molar-refractivity contribution < 1.29 is 14.4 Å². The molecule has 3 N–H and O–H groups in total. The lowest BCUT2D eigenvalue weighted by atomic mass is 10.0. The summed E-state index contributed by atoms with van der Waals surface area (Å²) >= 11 is 0. The van der Waals surface area contributed by atoms with Crippen molar-refractivity contribution in [3.05, 3.63) is 90.0 Å². The summed E-state index contributed by atoms with van der Waals surface area (Å²) in [6.07, 6.45) is 1.24. The first-order valence-electron chi connectivity index (χ1n) is 10.7. The van der Waals surface area contributed by atoms with Crippen molar-refractivity contribution in [3.8, 4) is 11.1 Å². The Morgan fingerprint density at radius 3 is 1.69 bits per heavy atom. The fraction of sp³-hybridized carbons (Fsp3) is 0.192. The summed E-state index contributed by atoms with van der Waals surface area (Å²) in [7, 11) is 0. The summed E-state index contributed by atoms with van der Waals surface area (Å²) in [5.41, 5.74) is 3.85. The highest BCUT2D eigenvalue weighted by Gasteiger charge is 2.08. The summed E-state index contributed by atoms with van der Waals surface area (Å²) in [4.78, 5) is 36.2. The first kappa shape index (κ1) is 22.7. The van der Waals surface area contributed by atoms with Gasteiger partial charge in [-0.25, -0.2) is 0 Å². The third kappa shape index (κ3) is 6.54. The normalized spacial score (nSPS) is 10.3. The van der Waals surface area contributed by atoms with Gasteiger partial charge in [0.15, 0.2) is 0 Å². The fourth-order valence-electron chi connectivity index (χ4n) is 3.16. The lowest BCUT2D eigenvalue weighted by Crippen LogP contribution is -2.34. The van der Waals surface area contributed by atoms with Gasteiger partial charge in [0.2, 0.25) is 5.91 Å². The van der Waals surface area contributed by atoms with E-state index < -0.39 is 0 Å². The Labute approximate surface area is 188 Å². The summed E-state index contributed by atoms with van der Waals surface area (Å²) < 4.78 is 0. The van der Waals surface area contributed by atoms with Gasteiger partial charge in [-0.2, -0.15) is 0 Å². The molecule has 0 saturated carbocycles. The molecule has 6 heteroatoms. The molecule has 0 saturated heterocycles. The van der Waals surface area contributed by atoms with Gasteiger partial charge in [-0.1, -0.05) is 49.4 Å². The van der Waals surface area contributed by atoms with Crippen LogP contribution in [0.1, 0.15) is 40.5 Å². The Hall–Kier alpha value is -3.93. The molecular weight excluding hydrogens is 402 g/mol. The molecule has 164 valence electrons. The maximum Gasteiger partial charge on any atom is 0.251 e. The van der Waals surface area contributed by atoms with Crippen LogP contribution in [-0.2, 0) is 4.79 Å². The Morgan fingerprint density at radius 1 is 0.656 bits per heavy atom. The molecule has 0 aliphatic carbocycles. The van der Waals surface area contributed by atoms with E-state index in [4.69, 9.17) is 0 Å². The van der Waals surface area contributed by atoms with E-state index in [-0.39, 0.29) is 17.7 Å². The standard InChI is InChI=1S/C26H27N3O3/c1-2-6-24(30)29-23-15-13-22(14-16-23)26(32)28-18-17-27-25(31)21-11-9-20(10-12-21)19-7-4-3-5-8-19/h3-5,7-16H,2,6,17-18H2,1H3,(H,27,31)(H,28,32)(H,29,30). The SMILES string of the molecule is CCCC(=O)Nc1ccc(C(=O)NCCNC(=O)c2ccc(-c3ccccc3)cc2)cc1. The van der Waals surface area contributed by atoms with Gasteiger partial charge in [-0.15, -0.1) is 0 Å². The maximum absolute atomic E-state index is 12.3. The first-order valence-corrected chi connectivity index (χ1v) is 10.7. The molecule has 0 heterocycles. The lowest BCUT2D eigenvalue weighted by Gasteiger charge is -2.09. The van der Waals surface area contributed by atoms with E-state index in [1.807, 2.05) is 49.4 Å². The summed E-state index contributed by atoms with van der Waals surface area (Å²) in [6, 6.07) is 24.1. The van der Waals surface area contributed by atoms with E-state index in [9.17, 15) is 14.4 Å². The van der Waals surface area contributed by atoms with Gasteiger partial charge in [0.25, 0.3) is 11.8 Å². The van der Waals surface area contributed by atoms with Gasteiger partial charge in [0.1, 0.15) is 0 Å². The monoisotopic (exact) mass is 429 g/mol. The van der Waals surface area contributed by atoms with Crippen molar-refractivity contribution in [1.29, 1.82) is 0 Å². The fourth-order valence-corrected chi connectivity index (χ4v) is 3.16. The predicted octanol–water partition coefficient (Wildman–Crippen LogP) is 4.25. The van der Waals surface area contributed by atoms with Crippen molar-refractivity contribution in [2.45, 2.75) is 19.8 Å². The Kier molecular flexibility index (Phi) is 8.15. The van der Waals surface area contributed by atoms with E-state index in [0.717, 1.165) is 17.5 Å². The van der Waals surface area contributed by atoms with Crippen LogP contribution in [0.4, 0.5) is 5.69 Å². The Balaban J connectivity index is 1.42. The molecule has 3 aromatic carbocycles. The second-order valence-corrected chi connectivity index (χ2v) is 7.33. The largest absolute Gasteiger partial charge is 0.350 e. The minimum Gasteiger partial charge on any atom is -0.350 e. The number of hydrogen-bond acceptors (Lipinski definition) is 3. The molecule has 3 aromatic rings. The molecule has 0 fully saturated rings. The van der Waals surface area contributed by atoms with Crippen LogP contribution in [0.2, 0.25) is 0 Å². The Morgan fingerprint density at radius 2 is 1.16 bits per heavy atom. The van der Waals surface area contributed by atoms with Crippen molar-refractivity contribution >= 4 is 23.4 Å². The number of amides is 3. The van der Waals surface area contributed by atoms with Crippen molar-refractivity contribution in [3.63, 3.8) is 0 Å². The number of benzene rings is 3. The molecular formula is C26H27N3O3. The van der Waals surface area contributed by atoms with E-state index in [0.29, 0.717) is 36.3 Å². The van der Waals surface area contributed by atoms with Crippen LogP contribution in [0.15, 0.2) is 78.9 Å². The van der Waals surface area contributed by atoms with Crippen LogP contribution in [-0.4, -0.2) is 30.8 Å². The number of carbonyl (C=O) groups excluding carboxylic acids is 3. The molecule has 3 rings (SSSR count). The van der Waals surface area contributed by atoms with Crippen molar-refractivity contribution in [1.82, 2.24) is 10.6 Å². The topological polar surface area (TPSA) is 87.3 Å². The minimum atomic E-state index is -0.238. The molecule has 0 unspecified atom stereocenters. The lowest BCUT2D eigenvalue weighted by molar-refractivity contribution is -0.116. The van der Waals surface area contributed by atoms with Crippen LogP contribution >= 0.6 is 0 Å². The van der Waals surface area contributed by atoms with Crippen LogP contribution in [0, 0.1) is 0 Å². The summed E-state index contributed by atoms with van der Waals surface area (Å²) in [5.74, 6) is -0.473. The highest BCUT2D eigenvalue weighted by atomic mass is 16.2. The average molecular weight is 430 g/mol. The molecule has 0 aliphatic heterocycles. The molecule has 0 bridgehead atoms. The van der Waals surface area contributed by atoms with E-state index >= 15 is 0 Å². The second-order valence-electron chi connectivity index (χ2n) is 7.33. The highest BCUT2D eigenvalue weighted by Crippen LogP contribution is 2.19. The van der Waals surface area contributed by atoms with Crippen LogP contribution < -0.4 is 16.0 Å². The first-order chi connectivity index (χ1) is 15.6. The second kappa shape index (κ2) is 11.5. The number of nitrogens with one attached hydrogen (secondary N) is 3. The van der Waals surface area contributed by atoms with Crippen molar-refractivity contribution in [2.24, 2.45) is 0 Å². The van der Waals surface area contributed by atoms with Gasteiger partial charge in [0, 0.05) is 36.3 Å². The average Bonchev–Trinajstić information content (AvgIpc) is 2.83. The smallest absolute Gasteiger partial charge is 0.251 e. The van der Waals surface area contributed by atoms with Crippen LogP contribution in [0.25, 0.3) is 11.1 Å². The molecule has 0 aromatic heterocycles. The highest BCUT2D eigenvalue weighted by molar-refractivity contribution is 5.96. The quantitative estimate of drug-likeness (QED) is 0.444. The number of carbonyl (C=O) groups is 3. The van der Waals surface area contributed by atoms with Gasteiger partial charge >= 0.3 is 0 Å². The molecule has 3 amide bonds. The summed E-state index contributed by atoms with van der Waals surface area (Å²) in [5, 5.41) is 8.37. The molecule has 0 radical (unpaired) electrons. The van der Waals surface area contributed by atoms with E-state index in [1.165, 1.54) is 0 Å². The van der Waals surface area contributed by atoms with Gasteiger partial charge in [0.05, 0.1) is 0 Å². The van der Waals surface area contributed by atoms with Crippen molar-refractivity contribution in [2.75, 3.05) is 18.4 Å². The third-order valence-corrected chi connectivity index (χ3v) is 4.86. The molecule has 0 aliphatic rings. The third-order valence-electron chi connectivity index (χ3n) is 4.86. The number of rotatable bonds is 9. The molecule has 6 nitrogen and oxygen atoms in total. The van der Waals surface area contributed by atoms with Gasteiger partial charge in [-0.05, 0) is 53.9 Å². The number of anilines is 1. The minimum absolute atomic E-state index is 0.0462. The number of hydrogen-bond donors (Lipinski definition) is 3. The van der Waals surface area contributed by atoms with Crippen LogP contribution in [0.5, 0.6) is 0 Å². The van der Waals surface area contributed by atoms with E-state index in [2.05, 4.69) is 16.0 Å². The Bertz CT molecular complexity index is 1050. The zero-order valence-corrected chi connectivity index (χ0v) is 18.1. The molecule has 0 spiro atoms. The van der Waals surface area contributed by atoms with Gasteiger partial charge < -0.3 is 16.0 Å². The van der Waals surface area contributed by atoms with Gasteiger partial charge in [-0.3, -0.25) is 14.4 Å². The molecule has 0 atom stereocenters. The maximum atomic E-state index is 12.3. The van der Waals surface area contributed by atoms with Crippen LogP contribution in [0.3, 0.4) is 0 Å².